The van der Waals surface area contributed by atoms with Crippen LogP contribution in [0, 0.1) is 5.92 Å². The Bertz CT molecular complexity index is 260. The normalized spacial score (nSPS) is 13.2. The van der Waals surface area contributed by atoms with Crippen LogP contribution in [-0.2, 0) is 4.74 Å². The summed E-state index contributed by atoms with van der Waals surface area (Å²) in [4.78, 5) is 6.94. The second kappa shape index (κ2) is 14.8. The molecule has 0 radical (unpaired) electrons. The summed E-state index contributed by atoms with van der Waals surface area (Å²) in [6.07, 6.45) is 1.16. The highest BCUT2D eigenvalue weighted by molar-refractivity contribution is 14.0. The third-order valence-electron chi connectivity index (χ3n) is 3.02. The zero-order valence-electron chi connectivity index (χ0n) is 14.6. The molecule has 0 aromatic rings. The van der Waals surface area contributed by atoms with Gasteiger partial charge in [-0.1, -0.05) is 13.8 Å². The maximum absolute atomic E-state index is 5.32. The zero-order chi connectivity index (χ0) is 15.4. The predicted octanol–water partition coefficient (Wildman–Crippen LogP) is 2.17. The van der Waals surface area contributed by atoms with Gasteiger partial charge in [-0.3, -0.25) is 4.99 Å². The van der Waals surface area contributed by atoms with E-state index in [-0.39, 0.29) is 24.0 Å². The molecule has 21 heavy (non-hydrogen) atoms. The van der Waals surface area contributed by atoms with Crippen molar-refractivity contribution in [3.05, 3.63) is 0 Å². The fourth-order valence-corrected chi connectivity index (χ4v) is 1.92. The van der Waals surface area contributed by atoms with Gasteiger partial charge in [0.25, 0.3) is 0 Å². The minimum atomic E-state index is 0. The molecule has 0 aliphatic heterocycles. The Morgan fingerprint density at radius 3 is 2.33 bits per heavy atom. The maximum atomic E-state index is 5.32. The van der Waals surface area contributed by atoms with Crippen LogP contribution < -0.4 is 10.6 Å². The first-order valence-electron chi connectivity index (χ1n) is 7.77. The molecule has 0 spiro atoms. The molecule has 0 aliphatic rings. The minimum Gasteiger partial charge on any atom is -0.380 e. The van der Waals surface area contributed by atoms with Crippen LogP contribution in [0.3, 0.4) is 0 Å². The lowest BCUT2D eigenvalue weighted by atomic mass is 10.0. The van der Waals surface area contributed by atoms with Crippen molar-refractivity contribution in [2.45, 2.75) is 40.2 Å². The average molecular weight is 414 g/mol. The van der Waals surface area contributed by atoms with Crippen molar-refractivity contribution in [2.75, 3.05) is 46.9 Å². The van der Waals surface area contributed by atoms with Gasteiger partial charge in [-0.05, 0) is 40.3 Å². The molecule has 0 aliphatic carbocycles. The van der Waals surface area contributed by atoms with Crippen molar-refractivity contribution >= 4 is 29.9 Å². The van der Waals surface area contributed by atoms with E-state index in [0.29, 0.717) is 18.6 Å². The molecule has 2 N–H and O–H groups in total. The Kier molecular flexibility index (Phi) is 16.4. The Labute approximate surface area is 148 Å². The second-order valence-corrected chi connectivity index (χ2v) is 5.59. The number of rotatable bonds is 10. The highest BCUT2D eigenvalue weighted by Gasteiger charge is 2.13. The van der Waals surface area contributed by atoms with Crippen LogP contribution in [0.25, 0.3) is 0 Å². The van der Waals surface area contributed by atoms with Crippen molar-refractivity contribution in [2.24, 2.45) is 10.9 Å². The highest BCUT2D eigenvalue weighted by Crippen LogP contribution is 2.09. The third kappa shape index (κ3) is 13.3. The topological polar surface area (TPSA) is 48.9 Å². The van der Waals surface area contributed by atoms with Crippen LogP contribution in [0.4, 0.5) is 0 Å². The van der Waals surface area contributed by atoms with E-state index in [0.717, 1.165) is 38.6 Å². The summed E-state index contributed by atoms with van der Waals surface area (Å²) >= 11 is 0. The molecule has 0 bridgehead atoms. The molecule has 0 rings (SSSR count). The molecule has 1 unspecified atom stereocenters. The largest absolute Gasteiger partial charge is 0.380 e. The average Bonchev–Trinajstić information content (AvgIpc) is 2.38. The number of aliphatic imine (C=N–C) groups is 1. The molecule has 0 saturated carbocycles. The van der Waals surface area contributed by atoms with Gasteiger partial charge in [0.15, 0.2) is 5.96 Å². The second-order valence-electron chi connectivity index (χ2n) is 5.59. The van der Waals surface area contributed by atoms with Gasteiger partial charge in [-0.25, -0.2) is 0 Å². The number of hydrogen-bond donors (Lipinski definition) is 2. The van der Waals surface area contributed by atoms with Crippen molar-refractivity contribution < 1.29 is 4.74 Å². The van der Waals surface area contributed by atoms with E-state index in [1.54, 1.807) is 0 Å². The lowest BCUT2D eigenvalue weighted by molar-refractivity contribution is 0.152. The van der Waals surface area contributed by atoms with Crippen LogP contribution in [0.1, 0.15) is 34.1 Å². The number of nitrogens with zero attached hydrogens (tertiary/aromatic N) is 2. The maximum Gasteiger partial charge on any atom is 0.191 e. The van der Waals surface area contributed by atoms with Crippen LogP contribution in [0.15, 0.2) is 4.99 Å². The Hall–Kier alpha value is -0.0800. The van der Waals surface area contributed by atoms with Gasteiger partial charge in [-0.15, -0.1) is 24.0 Å². The highest BCUT2D eigenvalue weighted by atomic mass is 127. The van der Waals surface area contributed by atoms with Crippen molar-refractivity contribution in [3.63, 3.8) is 0 Å². The first-order valence-corrected chi connectivity index (χ1v) is 7.77. The molecule has 5 nitrogen and oxygen atoms in total. The smallest absolute Gasteiger partial charge is 0.191 e. The SMILES string of the molecule is CCNC(=NCC(CC(C)C)N(C)C)NCCOCC.I. The number of ether oxygens (including phenoxy) is 1. The molecule has 0 aromatic carbocycles. The molecule has 0 heterocycles. The number of hydrogen-bond acceptors (Lipinski definition) is 3. The van der Waals surface area contributed by atoms with E-state index in [9.17, 15) is 0 Å². The monoisotopic (exact) mass is 414 g/mol. The Morgan fingerprint density at radius 1 is 1.19 bits per heavy atom. The molecule has 1 atom stereocenters. The van der Waals surface area contributed by atoms with Gasteiger partial charge in [0, 0.05) is 25.7 Å². The summed E-state index contributed by atoms with van der Waals surface area (Å²) in [7, 11) is 4.25. The van der Waals surface area contributed by atoms with Gasteiger partial charge < -0.3 is 20.3 Å². The van der Waals surface area contributed by atoms with Crippen LogP contribution in [0.5, 0.6) is 0 Å². The standard InChI is InChI=1S/C15H34N4O.HI/c1-7-16-15(17-9-10-20-8-2)18-12-14(19(5)6)11-13(3)4;/h13-14H,7-12H2,1-6H3,(H2,16,17,18);1H. The summed E-state index contributed by atoms with van der Waals surface area (Å²) < 4.78 is 5.32. The van der Waals surface area contributed by atoms with Crippen LogP contribution >= 0.6 is 24.0 Å². The zero-order valence-corrected chi connectivity index (χ0v) is 16.9. The molecular formula is C15H35IN4O. The van der Waals surface area contributed by atoms with Gasteiger partial charge in [-0.2, -0.15) is 0 Å². The first-order chi connectivity index (χ1) is 9.51. The summed E-state index contributed by atoms with van der Waals surface area (Å²) in [6, 6.07) is 0.484. The van der Waals surface area contributed by atoms with E-state index in [4.69, 9.17) is 4.74 Å². The quantitative estimate of drug-likeness (QED) is 0.249. The fraction of sp³-hybridized carbons (Fsp3) is 0.933. The van der Waals surface area contributed by atoms with E-state index in [2.05, 4.69) is 55.4 Å². The van der Waals surface area contributed by atoms with Crippen molar-refractivity contribution in [3.8, 4) is 0 Å². The van der Waals surface area contributed by atoms with Gasteiger partial charge >= 0.3 is 0 Å². The molecule has 6 heteroatoms. The van der Waals surface area contributed by atoms with Crippen LogP contribution in [-0.4, -0.2) is 63.8 Å². The fourth-order valence-electron chi connectivity index (χ4n) is 1.92. The summed E-state index contributed by atoms with van der Waals surface area (Å²) in [5.74, 6) is 1.56. The van der Waals surface area contributed by atoms with Crippen molar-refractivity contribution in [1.29, 1.82) is 0 Å². The van der Waals surface area contributed by atoms with Gasteiger partial charge in [0.1, 0.15) is 0 Å². The molecular weight excluding hydrogens is 379 g/mol. The summed E-state index contributed by atoms with van der Waals surface area (Å²) in [5.41, 5.74) is 0. The molecule has 0 amide bonds. The summed E-state index contributed by atoms with van der Waals surface area (Å²) in [5, 5.41) is 6.57. The molecule has 0 aromatic heterocycles. The van der Waals surface area contributed by atoms with Crippen LogP contribution in [0.2, 0.25) is 0 Å². The predicted molar refractivity (Wildman–Crippen MR) is 103 cm³/mol. The Morgan fingerprint density at radius 2 is 1.86 bits per heavy atom. The molecule has 0 fully saturated rings. The lowest BCUT2D eigenvalue weighted by Crippen LogP contribution is -2.40. The van der Waals surface area contributed by atoms with E-state index in [1.165, 1.54) is 0 Å². The Balaban J connectivity index is 0. The van der Waals surface area contributed by atoms with Gasteiger partial charge in [0.05, 0.1) is 13.2 Å². The number of likely N-dealkylation sites (N-methyl/N-ethyl adjacent to an activating group) is 1. The first kappa shape index (κ1) is 23.2. The molecule has 0 saturated heterocycles. The lowest BCUT2D eigenvalue weighted by Gasteiger charge is -2.24. The number of halogens is 1. The van der Waals surface area contributed by atoms with Gasteiger partial charge in [0.2, 0.25) is 0 Å². The third-order valence-corrected chi connectivity index (χ3v) is 3.02. The summed E-state index contributed by atoms with van der Waals surface area (Å²) in [6.45, 7) is 12.5. The van der Waals surface area contributed by atoms with Crippen molar-refractivity contribution in [1.82, 2.24) is 15.5 Å². The number of guanidine groups is 1. The van der Waals surface area contributed by atoms with E-state index in [1.807, 2.05) is 6.92 Å². The number of nitrogens with one attached hydrogen (secondary N) is 2. The minimum absolute atomic E-state index is 0. The van der Waals surface area contributed by atoms with E-state index >= 15 is 0 Å². The van der Waals surface area contributed by atoms with E-state index < -0.39 is 0 Å². The molecule has 128 valence electrons.